The van der Waals surface area contributed by atoms with Crippen molar-refractivity contribution in [3.05, 3.63) is 58.7 Å². The molecule has 1 aliphatic rings. The van der Waals surface area contributed by atoms with Crippen LogP contribution in [-0.4, -0.2) is 6.26 Å². The molecular formula is C25H38N2P2S4. The zero-order valence-electron chi connectivity index (χ0n) is 21.2. The smallest absolute Gasteiger partial charge is 0.189 e. The molecule has 182 valence electrons. The predicted octanol–water partition coefficient (Wildman–Crippen LogP) is 10.7. The monoisotopic (exact) mass is 556 g/mol. The van der Waals surface area contributed by atoms with Gasteiger partial charge in [0.15, 0.2) is 10.1 Å². The molecule has 0 spiro atoms. The quantitative estimate of drug-likeness (QED) is 0.323. The first kappa shape index (κ1) is 27.6. The van der Waals surface area contributed by atoms with Crippen molar-refractivity contribution >= 4 is 67.5 Å². The lowest BCUT2D eigenvalue weighted by Crippen LogP contribution is -2.27. The maximum absolute atomic E-state index is 6.55. The Morgan fingerprint density at radius 2 is 1.15 bits per heavy atom. The lowest BCUT2D eigenvalue weighted by Gasteiger charge is -2.54. The Labute approximate surface area is 219 Å². The molecule has 2 atom stereocenters. The van der Waals surface area contributed by atoms with E-state index in [0.717, 1.165) is 0 Å². The highest BCUT2D eigenvalue weighted by Gasteiger charge is 2.53. The number of nitrogens with one attached hydrogen (secondary N) is 1. The molecule has 2 nitrogen and oxygen atoms in total. The van der Waals surface area contributed by atoms with Crippen molar-refractivity contribution in [3.63, 3.8) is 0 Å². The second-order valence-electron chi connectivity index (χ2n) is 9.87. The van der Waals surface area contributed by atoms with Crippen molar-refractivity contribution in [1.82, 2.24) is 0 Å². The van der Waals surface area contributed by atoms with Gasteiger partial charge in [-0.3, -0.25) is 4.44 Å². The molecule has 1 N–H and O–H groups in total. The Hall–Kier alpha value is 0.0400. The SMILES string of the molecule is CSP1(=S)SP(=S)(Nc2c(C(C)C)cccc2C(C)C)N1c1c(C(C)C)cccc1C(C)C. The number of para-hydroxylation sites is 2. The van der Waals surface area contributed by atoms with Gasteiger partial charge in [0.05, 0.1) is 5.69 Å². The molecule has 2 aromatic carbocycles. The van der Waals surface area contributed by atoms with Gasteiger partial charge in [0.2, 0.25) is 0 Å². The molecule has 1 heterocycles. The minimum atomic E-state index is -2.19. The van der Waals surface area contributed by atoms with E-state index in [-0.39, 0.29) is 0 Å². The van der Waals surface area contributed by atoms with Gasteiger partial charge in [0.25, 0.3) is 0 Å². The van der Waals surface area contributed by atoms with Crippen molar-refractivity contribution in [2.75, 3.05) is 15.8 Å². The van der Waals surface area contributed by atoms with Crippen LogP contribution < -0.4 is 9.53 Å². The van der Waals surface area contributed by atoms with Crippen molar-refractivity contribution in [3.8, 4) is 0 Å². The topological polar surface area (TPSA) is 15.3 Å². The summed E-state index contributed by atoms with van der Waals surface area (Å²) >= 11 is 16.6. The summed E-state index contributed by atoms with van der Waals surface area (Å²) in [7, 11) is 0. The lowest BCUT2D eigenvalue weighted by molar-refractivity contribution is 0.836. The van der Waals surface area contributed by atoms with Crippen molar-refractivity contribution < 1.29 is 0 Å². The van der Waals surface area contributed by atoms with Gasteiger partial charge in [0.1, 0.15) is 0 Å². The average molecular weight is 557 g/mol. The van der Waals surface area contributed by atoms with Crippen LogP contribution in [-0.2, 0) is 23.6 Å². The van der Waals surface area contributed by atoms with Gasteiger partial charge in [-0.25, -0.2) is 0 Å². The van der Waals surface area contributed by atoms with E-state index in [1.165, 1.54) is 33.6 Å². The van der Waals surface area contributed by atoms with Gasteiger partial charge >= 0.3 is 0 Å². The average Bonchev–Trinajstić information content (AvgIpc) is 2.72. The molecule has 8 heteroatoms. The maximum atomic E-state index is 6.55. The Morgan fingerprint density at radius 1 is 0.758 bits per heavy atom. The molecular weight excluding hydrogens is 519 g/mol. The van der Waals surface area contributed by atoms with Crippen LogP contribution in [0.3, 0.4) is 0 Å². The Balaban J connectivity index is 2.24. The van der Waals surface area contributed by atoms with E-state index < -0.39 is 10.1 Å². The summed E-state index contributed by atoms with van der Waals surface area (Å²) in [6.07, 6.45) is 2.16. The molecule has 1 saturated heterocycles. The van der Waals surface area contributed by atoms with Crippen LogP contribution in [0.1, 0.15) is 101 Å². The van der Waals surface area contributed by atoms with Gasteiger partial charge in [-0.15, -0.1) is 0 Å². The van der Waals surface area contributed by atoms with Crippen molar-refractivity contribution in [2.45, 2.75) is 79.1 Å². The molecule has 0 aliphatic carbocycles. The fraction of sp³-hybridized carbons (Fsp3) is 0.520. The number of hydrogen-bond donors (Lipinski definition) is 1. The van der Waals surface area contributed by atoms with Crippen LogP contribution in [0.5, 0.6) is 0 Å². The number of benzene rings is 2. The molecule has 0 amide bonds. The van der Waals surface area contributed by atoms with Gasteiger partial charge in [-0.1, -0.05) is 115 Å². The molecule has 0 saturated carbocycles. The lowest BCUT2D eigenvalue weighted by atomic mass is 9.93. The van der Waals surface area contributed by atoms with Crippen molar-refractivity contribution in [2.24, 2.45) is 0 Å². The third kappa shape index (κ3) is 5.27. The number of hydrogen-bond acceptors (Lipinski definition) is 4. The van der Waals surface area contributed by atoms with Crippen LogP contribution in [0, 0.1) is 0 Å². The third-order valence-electron chi connectivity index (χ3n) is 6.09. The second-order valence-corrected chi connectivity index (χ2v) is 27.5. The first-order valence-corrected chi connectivity index (χ1v) is 21.0. The summed E-state index contributed by atoms with van der Waals surface area (Å²) in [5, 5.41) is 3.99. The fourth-order valence-electron chi connectivity index (χ4n) is 4.32. The summed E-state index contributed by atoms with van der Waals surface area (Å²) in [4.78, 5) is 0. The summed E-state index contributed by atoms with van der Waals surface area (Å²) in [6.45, 7) is 18.2. The number of nitrogens with zero attached hydrogens (tertiary/aromatic N) is 1. The van der Waals surface area contributed by atoms with E-state index in [1.807, 2.05) is 22.4 Å². The molecule has 0 aromatic heterocycles. The Morgan fingerprint density at radius 3 is 1.52 bits per heavy atom. The maximum Gasteiger partial charge on any atom is 0.189 e. The summed E-state index contributed by atoms with van der Waals surface area (Å²) in [5.74, 6) is 1.66. The van der Waals surface area contributed by atoms with Crippen LogP contribution in [0.2, 0.25) is 0 Å². The van der Waals surface area contributed by atoms with Gasteiger partial charge in [-0.05, 0) is 75.0 Å². The highest BCUT2D eigenvalue weighted by Crippen LogP contribution is 3.00. The highest BCUT2D eigenvalue weighted by atomic mass is 33.4. The molecule has 33 heavy (non-hydrogen) atoms. The molecule has 3 rings (SSSR count). The van der Waals surface area contributed by atoms with Crippen LogP contribution >= 0.6 is 32.5 Å². The van der Waals surface area contributed by atoms with Gasteiger partial charge < -0.3 is 5.09 Å². The van der Waals surface area contributed by atoms with E-state index in [9.17, 15) is 0 Å². The molecule has 0 bridgehead atoms. The first-order chi connectivity index (χ1) is 15.4. The van der Waals surface area contributed by atoms with E-state index in [4.69, 9.17) is 23.6 Å². The summed E-state index contributed by atoms with van der Waals surface area (Å²) in [6, 6.07) is 13.4. The predicted molar refractivity (Wildman–Crippen MR) is 165 cm³/mol. The van der Waals surface area contributed by atoms with Gasteiger partial charge in [-0.2, -0.15) is 0 Å². The van der Waals surface area contributed by atoms with E-state index >= 15 is 0 Å². The normalized spacial score (nSPS) is 23.0. The molecule has 0 radical (unpaired) electrons. The summed E-state index contributed by atoms with van der Waals surface area (Å²) < 4.78 is 0.641. The minimum Gasteiger partial charge on any atom is -0.333 e. The largest absolute Gasteiger partial charge is 0.333 e. The Bertz CT molecular complexity index is 1060. The Kier molecular flexibility index (Phi) is 8.85. The van der Waals surface area contributed by atoms with Crippen LogP contribution in [0.25, 0.3) is 0 Å². The highest BCUT2D eigenvalue weighted by molar-refractivity contribution is 9.22. The van der Waals surface area contributed by atoms with Crippen LogP contribution in [0.4, 0.5) is 11.4 Å². The zero-order valence-corrected chi connectivity index (χ0v) is 26.3. The zero-order chi connectivity index (χ0) is 24.7. The third-order valence-corrected chi connectivity index (χ3v) is 29.9. The number of rotatable bonds is 8. The number of anilines is 2. The fourth-order valence-corrected chi connectivity index (χ4v) is 34.9. The van der Waals surface area contributed by atoms with Gasteiger partial charge in [0, 0.05) is 5.69 Å². The van der Waals surface area contributed by atoms with Crippen LogP contribution in [0.15, 0.2) is 36.4 Å². The van der Waals surface area contributed by atoms with E-state index in [2.05, 4.69) is 108 Å². The first-order valence-electron chi connectivity index (χ1n) is 11.7. The summed E-state index contributed by atoms with van der Waals surface area (Å²) in [5.41, 5.74) is 5.76. The molecule has 2 unspecified atom stereocenters. The molecule has 1 fully saturated rings. The molecule has 1 aliphatic heterocycles. The van der Waals surface area contributed by atoms with E-state index in [1.54, 1.807) is 0 Å². The van der Waals surface area contributed by atoms with E-state index in [0.29, 0.717) is 23.7 Å². The molecule has 2 aromatic rings. The van der Waals surface area contributed by atoms with Crippen molar-refractivity contribution in [1.29, 1.82) is 0 Å². The minimum absolute atomic E-state index is 0.409. The standard InChI is InChI=1S/C25H38N2P2S4/c1-16(2)20-12-10-13-21(17(3)4)24(20)26-28(30)27(29(31,32-9)33-28)25-22(18(5)6)14-11-15-23(25)19(7)8/h10-19H,1-9H3,(H,26,30). The second kappa shape index (κ2) is 10.6.